The van der Waals surface area contributed by atoms with Gasteiger partial charge in [0.15, 0.2) is 0 Å². The number of ether oxygens (including phenoxy) is 1. The van der Waals surface area contributed by atoms with Crippen molar-refractivity contribution in [2.24, 2.45) is 5.92 Å². The molecule has 110 valence electrons. The van der Waals surface area contributed by atoms with Crippen LogP contribution >= 0.6 is 15.9 Å². The molecule has 1 heterocycles. The van der Waals surface area contributed by atoms with Gasteiger partial charge in [0.05, 0.1) is 29.5 Å². The van der Waals surface area contributed by atoms with Gasteiger partial charge in [-0.2, -0.15) is 5.10 Å². The van der Waals surface area contributed by atoms with Crippen LogP contribution in [0, 0.1) is 5.92 Å². The Hall–Kier alpha value is -0.390. The maximum atomic E-state index is 5.14. The van der Waals surface area contributed by atoms with Gasteiger partial charge in [-0.05, 0) is 41.4 Å². The largest absolute Gasteiger partial charge is 0.383 e. The van der Waals surface area contributed by atoms with E-state index in [1.807, 2.05) is 6.20 Å². The van der Waals surface area contributed by atoms with Gasteiger partial charge in [0.2, 0.25) is 0 Å². The van der Waals surface area contributed by atoms with Crippen molar-refractivity contribution in [1.82, 2.24) is 15.1 Å². The minimum absolute atomic E-state index is 0.457. The maximum absolute atomic E-state index is 5.14. The van der Waals surface area contributed by atoms with E-state index in [0.717, 1.165) is 24.1 Å². The van der Waals surface area contributed by atoms with Crippen molar-refractivity contribution in [2.45, 2.75) is 39.7 Å². The summed E-state index contributed by atoms with van der Waals surface area (Å²) in [6.45, 7) is 10.4. The summed E-state index contributed by atoms with van der Waals surface area (Å²) in [4.78, 5) is 0. The lowest BCUT2D eigenvalue weighted by Crippen LogP contribution is -2.26. The zero-order valence-electron chi connectivity index (χ0n) is 12.4. The first-order valence-corrected chi connectivity index (χ1v) is 7.81. The molecular weight excluding hydrogens is 306 g/mol. The molecule has 0 radical (unpaired) electrons. The summed E-state index contributed by atoms with van der Waals surface area (Å²) in [5.41, 5.74) is 1.27. The molecule has 0 aliphatic rings. The summed E-state index contributed by atoms with van der Waals surface area (Å²) in [6.07, 6.45) is 3.06. The van der Waals surface area contributed by atoms with Crippen molar-refractivity contribution in [2.75, 3.05) is 26.8 Å². The van der Waals surface area contributed by atoms with Gasteiger partial charge >= 0.3 is 0 Å². The fourth-order valence-electron chi connectivity index (χ4n) is 2.13. The highest BCUT2D eigenvalue weighted by Gasteiger charge is 2.21. The normalized spacial score (nSPS) is 14.6. The average molecular weight is 332 g/mol. The van der Waals surface area contributed by atoms with Gasteiger partial charge in [-0.15, -0.1) is 0 Å². The van der Waals surface area contributed by atoms with Crippen molar-refractivity contribution >= 4 is 15.9 Å². The molecule has 1 N–H and O–H groups in total. The van der Waals surface area contributed by atoms with Crippen LogP contribution in [0.1, 0.15) is 38.8 Å². The molecule has 4 nitrogen and oxygen atoms in total. The molecule has 0 saturated heterocycles. The number of methoxy groups -OCH3 is 1. The lowest BCUT2D eigenvalue weighted by molar-refractivity contribution is 0.181. The summed E-state index contributed by atoms with van der Waals surface area (Å²) >= 11 is 3.62. The number of hydrogen-bond donors (Lipinski definition) is 1. The SMILES string of the molecule is CCCNCC(C)C(C)c1c(Br)cnn1CCOC. The predicted molar refractivity (Wildman–Crippen MR) is 82.5 cm³/mol. The molecule has 0 aromatic carbocycles. The van der Waals surface area contributed by atoms with E-state index in [1.54, 1.807) is 7.11 Å². The van der Waals surface area contributed by atoms with E-state index in [-0.39, 0.29) is 0 Å². The lowest BCUT2D eigenvalue weighted by atomic mass is 9.92. The highest BCUT2D eigenvalue weighted by Crippen LogP contribution is 2.30. The molecule has 19 heavy (non-hydrogen) atoms. The van der Waals surface area contributed by atoms with E-state index in [2.05, 4.69) is 51.8 Å². The van der Waals surface area contributed by atoms with E-state index in [1.165, 1.54) is 12.1 Å². The third-order valence-corrected chi connectivity index (χ3v) is 4.13. The molecule has 1 aromatic heterocycles. The summed E-state index contributed by atoms with van der Waals surface area (Å²) < 4.78 is 8.29. The number of nitrogens with zero attached hydrogens (tertiary/aromatic N) is 2. The van der Waals surface area contributed by atoms with Crippen LogP contribution < -0.4 is 5.32 Å². The molecule has 0 saturated carbocycles. The predicted octanol–water partition coefficient (Wildman–Crippen LogP) is 3.03. The molecule has 0 aliphatic heterocycles. The Morgan fingerprint density at radius 3 is 2.84 bits per heavy atom. The third-order valence-electron chi connectivity index (χ3n) is 3.52. The fourth-order valence-corrected chi connectivity index (χ4v) is 2.79. The van der Waals surface area contributed by atoms with E-state index in [4.69, 9.17) is 4.74 Å². The molecule has 0 aliphatic carbocycles. The molecular formula is C14H26BrN3O. The second-order valence-electron chi connectivity index (χ2n) is 5.06. The lowest BCUT2D eigenvalue weighted by Gasteiger charge is -2.22. The molecule has 0 spiro atoms. The molecule has 0 amide bonds. The number of aromatic nitrogens is 2. The standard InChI is InChI=1S/C14H26BrN3O/c1-5-6-16-9-11(2)12(3)14-13(15)10-17-18(14)7-8-19-4/h10-12,16H,5-9H2,1-4H3. The summed E-state index contributed by atoms with van der Waals surface area (Å²) in [7, 11) is 1.72. The highest BCUT2D eigenvalue weighted by molar-refractivity contribution is 9.10. The quantitative estimate of drug-likeness (QED) is 0.707. The minimum Gasteiger partial charge on any atom is -0.383 e. The van der Waals surface area contributed by atoms with Crippen LogP contribution in [0.25, 0.3) is 0 Å². The monoisotopic (exact) mass is 331 g/mol. The van der Waals surface area contributed by atoms with Crippen LogP contribution in [0.3, 0.4) is 0 Å². The van der Waals surface area contributed by atoms with Crippen molar-refractivity contribution in [3.8, 4) is 0 Å². The van der Waals surface area contributed by atoms with Gasteiger partial charge in [-0.3, -0.25) is 4.68 Å². The molecule has 5 heteroatoms. The van der Waals surface area contributed by atoms with Gasteiger partial charge in [0.1, 0.15) is 0 Å². The van der Waals surface area contributed by atoms with E-state index < -0.39 is 0 Å². The summed E-state index contributed by atoms with van der Waals surface area (Å²) in [5.74, 6) is 1.03. The van der Waals surface area contributed by atoms with Crippen LogP contribution in [-0.4, -0.2) is 36.6 Å². The van der Waals surface area contributed by atoms with Crippen LogP contribution in [0.5, 0.6) is 0 Å². The highest BCUT2D eigenvalue weighted by atomic mass is 79.9. The summed E-state index contributed by atoms with van der Waals surface area (Å²) in [5, 5.41) is 7.91. The Bertz CT molecular complexity index is 368. The smallest absolute Gasteiger partial charge is 0.0658 e. The molecule has 0 bridgehead atoms. The topological polar surface area (TPSA) is 39.1 Å². The van der Waals surface area contributed by atoms with Crippen molar-refractivity contribution in [3.63, 3.8) is 0 Å². The molecule has 1 rings (SSSR count). The number of halogens is 1. The van der Waals surface area contributed by atoms with Gasteiger partial charge in [-0.25, -0.2) is 0 Å². The van der Waals surface area contributed by atoms with Crippen LogP contribution in [0.2, 0.25) is 0 Å². The minimum atomic E-state index is 0.457. The zero-order valence-corrected chi connectivity index (χ0v) is 14.0. The Morgan fingerprint density at radius 2 is 2.21 bits per heavy atom. The van der Waals surface area contributed by atoms with E-state index in [9.17, 15) is 0 Å². The first-order chi connectivity index (χ1) is 9.11. The Labute approximate surface area is 125 Å². The summed E-state index contributed by atoms with van der Waals surface area (Å²) in [6, 6.07) is 0. The van der Waals surface area contributed by atoms with E-state index >= 15 is 0 Å². The van der Waals surface area contributed by atoms with Gasteiger partial charge in [0, 0.05) is 13.0 Å². The van der Waals surface area contributed by atoms with Crippen molar-refractivity contribution in [3.05, 3.63) is 16.4 Å². The van der Waals surface area contributed by atoms with Gasteiger partial charge in [-0.1, -0.05) is 20.8 Å². The molecule has 2 unspecified atom stereocenters. The second kappa shape index (κ2) is 8.72. The van der Waals surface area contributed by atoms with Crippen LogP contribution in [0.4, 0.5) is 0 Å². The van der Waals surface area contributed by atoms with Crippen molar-refractivity contribution < 1.29 is 4.74 Å². The molecule has 1 aromatic rings. The average Bonchev–Trinajstić information content (AvgIpc) is 2.76. The number of nitrogens with one attached hydrogen (secondary N) is 1. The Balaban J connectivity index is 2.68. The number of rotatable bonds is 9. The van der Waals surface area contributed by atoms with Crippen LogP contribution in [0.15, 0.2) is 10.7 Å². The first kappa shape index (κ1) is 16.7. The Morgan fingerprint density at radius 1 is 1.47 bits per heavy atom. The third kappa shape index (κ3) is 4.89. The van der Waals surface area contributed by atoms with Gasteiger partial charge in [0.25, 0.3) is 0 Å². The zero-order chi connectivity index (χ0) is 14.3. The van der Waals surface area contributed by atoms with Gasteiger partial charge < -0.3 is 10.1 Å². The molecule has 0 fully saturated rings. The van der Waals surface area contributed by atoms with E-state index in [0.29, 0.717) is 18.4 Å². The second-order valence-corrected chi connectivity index (χ2v) is 5.92. The number of hydrogen-bond acceptors (Lipinski definition) is 3. The maximum Gasteiger partial charge on any atom is 0.0658 e. The first-order valence-electron chi connectivity index (χ1n) is 7.02. The fraction of sp³-hybridized carbons (Fsp3) is 0.786. The van der Waals surface area contributed by atoms with Crippen LogP contribution in [-0.2, 0) is 11.3 Å². The molecule has 2 atom stereocenters. The Kier molecular flexibility index (Phi) is 7.64. The van der Waals surface area contributed by atoms with Crippen molar-refractivity contribution in [1.29, 1.82) is 0 Å².